The van der Waals surface area contributed by atoms with Crippen LogP contribution in [-0.2, 0) is 10.0 Å². The van der Waals surface area contributed by atoms with E-state index in [2.05, 4.69) is 27.6 Å². The summed E-state index contributed by atoms with van der Waals surface area (Å²) in [7, 11) is -3.40. The average Bonchev–Trinajstić information content (AvgIpc) is 2.37. The number of hydrogen-bond acceptors (Lipinski definition) is 2. The highest BCUT2D eigenvalue weighted by molar-refractivity contribution is 9.10. The van der Waals surface area contributed by atoms with Crippen molar-refractivity contribution in [2.45, 2.75) is 57.3 Å². The third kappa shape index (κ3) is 5.94. The Hall–Kier alpha value is -0.390. The Labute approximate surface area is 131 Å². The van der Waals surface area contributed by atoms with Crippen LogP contribution in [-0.4, -0.2) is 15.0 Å². The lowest BCUT2D eigenvalue weighted by Gasteiger charge is -2.09. The predicted molar refractivity (Wildman–Crippen MR) is 87.4 cm³/mol. The van der Waals surface area contributed by atoms with E-state index in [0.29, 0.717) is 15.9 Å². The van der Waals surface area contributed by atoms with Gasteiger partial charge in [0.25, 0.3) is 0 Å². The van der Waals surface area contributed by atoms with Crippen molar-refractivity contribution in [3.8, 4) is 0 Å². The van der Waals surface area contributed by atoms with Gasteiger partial charge in [0.1, 0.15) is 0 Å². The summed E-state index contributed by atoms with van der Waals surface area (Å²) in [4.78, 5) is 0.314. The van der Waals surface area contributed by atoms with Gasteiger partial charge in [-0.2, -0.15) is 0 Å². The van der Waals surface area contributed by atoms with Crippen LogP contribution < -0.4 is 4.72 Å². The number of rotatable bonds is 9. The van der Waals surface area contributed by atoms with Crippen molar-refractivity contribution >= 4 is 26.0 Å². The van der Waals surface area contributed by atoms with Crippen LogP contribution in [0.2, 0.25) is 0 Å². The molecule has 20 heavy (non-hydrogen) atoms. The van der Waals surface area contributed by atoms with E-state index in [1.807, 2.05) is 19.1 Å². The van der Waals surface area contributed by atoms with E-state index in [-0.39, 0.29) is 0 Å². The van der Waals surface area contributed by atoms with Crippen molar-refractivity contribution in [1.29, 1.82) is 0 Å². The lowest BCUT2D eigenvalue weighted by molar-refractivity contribution is 0.567. The van der Waals surface area contributed by atoms with Crippen molar-refractivity contribution in [2.75, 3.05) is 6.54 Å². The van der Waals surface area contributed by atoms with Crippen LogP contribution >= 0.6 is 15.9 Å². The monoisotopic (exact) mass is 361 g/mol. The van der Waals surface area contributed by atoms with E-state index < -0.39 is 10.0 Å². The summed E-state index contributed by atoms with van der Waals surface area (Å²) >= 11 is 3.31. The highest BCUT2D eigenvalue weighted by Gasteiger charge is 2.16. The largest absolute Gasteiger partial charge is 0.241 e. The summed E-state index contributed by atoms with van der Waals surface area (Å²) in [5.74, 6) is 0. The molecule has 0 saturated carbocycles. The second-order valence-corrected chi connectivity index (χ2v) is 7.69. The van der Waals surface area contributed by atoms with E-state index >= 15 is 0 Å². The fraction of sp³-hybridized carbons (Fsp3) is 0.600. The SMILES string of the molecule is CCCCCCCCNS(=O)(=O)c1ccc(C)cc1Br. The Balaban J connectivity index is 2.42. The normalized spacial score (nSPS) is 11.8. The molecule has 0 aromatic heterocycles. The van der Waals surface area contributed by atoms with Crippen LogP contribution in [0.4, 0.5) is 0 Å². The number of nitrogens with one attached hydrogen (secondary N) is 1. The molecule has 0 aliphatic heterocycles. The van der Waals surface area contributed by atoms with Gasteiger partial charge in [0.2, 0.25) is 10.0 Å². The summed E-state index contributed by atoms with van der Waals surface area (Å²) in [6.07, 6.45) is 6.90. The lowest BCUT2D eigenvalue weighted by atomic mass is 10.1. The lowest BCUT2D eigenvalue weighted by Crippen LogP contribution is -2.25. The van der Waals surface area contributed by atoms with Crippen molar-refractivity contribution in [3.05, 3.63) is 28.2 Å². The molecule has 3 nitrogen and oxygen atoms in total. The number of unbranched alkanes of at least 4 members (excludes halogenated alkanes) is 5. The van der Waals surface area contributed by atoms with E-state index in [9.17, 15) is 8.42 Å². The molecule has 0 radical (unpaired) electrons. The fourth-order valence-electron chi connectivity index (χ4n) is 2.01. The van der Waals surface area contributed by atoms with Crippen LogP contribution in [0.3, 0.4) is 0 Å². The van der Waals surface area contributed by atoms with Gasteiger partial charge in [-0.25, -0.2) is 13.1 Å². The number of hydrogen-bond donors (Lipinski definition) is 1. The summed E-state index contributed by atoms with van der Waals surface area (Å²) in [6, 6.07) is 5.27. The molecule has 114 valence electrons. The molecule has 0 bridgehead atoms. The van der Waals surface area contributed by atoms with Gasteiger partial charge in [0, 0.05) is 11.0 Å². The van der Waals surface area contributed by atoms with Crippen LogP contribution in [0.5, 0.6) is 0 Å². The first kappa shape index (κ1) is 17.7. The minimum Gasteiger partial charge on any atom is -0.211 e. The molecule has 0 saturated heterocycles. The number of benzene rings is 1. The standard InChI is InChI=1S/C15H24BrNO2S/c1-3-4-5-6-7-8-11-17-20(18,19)15-10-9-13(2)12-14(15)16/h9-10,12,17H,3-8,11H2,1-2H3. The van der Waals surface area contributed by atoms with Gasteiger partial charge in [-0.05, 0) is 47.0 Å². The fourth-order valence-corrected chi connectivity index (χ4v) is 4.28. The summed E-state index contributed by atoms with van der Waals surface area (Å²) < 4.78 is 27.6. The van der Waals surface area contributed by atoms with E-state index in [0.717, 1.165) is 18.4 Å². The topological polar surface area (TPSA) is 46.2 Å². The zero-order chi connectivity index (χ0) is 15.0. The van der Waals surface area contributed by atoms with E-state index in [1.54, 1.807) is 6.07 Å². The molecule has 0 unspecified atom stereocenters. The molecule has 1 aromatic carbocycles. The van der Waals surface area contributed by atoms with Gasteiger partial charge in [0.15, 0.2) is 0 Å². The molecular weight excluding hydrogens is 338 g/mol. The molecule has 1 aromatic rings. The van der Waals surface area contributed by atoms with Gasteiger partial charge in [-0.1, -0.05) is 45.1 Å². The van der Waals surface area contributed by atoms with Crippen molar-refractivity contribution in [3.63, 3.8) is 0 Å². The first-order chi connectivity index (χ1) is 9.47. The highest BCUT2D eigenvalue weighted by Crippen LogP contribution is 2.22. The van der Waals surface area contributed by atoms with Gasteiger partial charge in [0.05, 0.1) is 4.90 Å². The Bertz CT molecular complexity index is 515. The molecule has 5 heteroatoms. The number of aryl methyl sites for hydroxylation is 1. The molecular formula is C15H24BrNO2S. The molecule has 0 amide bonds. The van der Waals surface area contributed by atoms with Crippen LogP contribution in [0.1, 0.15) is 51.0 Å². The number of sulfonamides is 1. The Kier molecular flexibility index (Phi) is 7.77. The minimum absolute atomic E-state index is 0.314. The maximum Gasteiger partial charge on any atom is 0.241 e. The molecule has 0 fully saturated rings. The Morgan fingerprint density at radius 2 is 1.75 bits per heavy atom. The summed E-state index contributed by atoms with van der Waals surface area (Å²) in [5, 5.41) is 0. The first-order valence-electron chi connectivity index (χ1n) is 7.23. The van der Waals surface area contributed by atoms with Crippen LogP contribution in [0.15, 0.2) is 27.6 Å². The molecule has 0 atom stereocenters. The van der Waals surface area contributed by atoms with Crippen molar-refractivity contribution in [2.24, 2.45) is 0 Å². The van der Waals surface area contributed by atoms with Crippen molar-refractivity contribution in [1.82, 2.24) is 4.72 Å². The van der Waals surface area contributed by atoms with Gasteiger partial charge in [-0.3, -0.25) is 0 Å². The Morgan fingerprint density at radius 3 is 2.40 bits per heavy atom. The maximum absolute atomic E-state index is 12.2. The summed E-state index contributed by atoms with van der Waals surface area (Å²) in [5.41, 5.74) is 1.03. The molecule has 0 spiro atoms. The zero-order valence-electron chi connectivity index (χ0n) is 12.3. The highest BCUT2D eigenvalue weighted by atomic mass is 79.9. The van der Waals surface area contributed by atoms with Crippen LogP contribution in [0, 0.1) is 6.92 Å². The van der Waals surface area contributed by atoms with E-state index in [1.165, 1.54) is 25.7 Å². The minimum atomic E-state index is -3.40. The van der Waals surface area contributed by atoms with E-state index in [4.69, 9.17) is 0 Å². The Morgan fingerprint density at radius 1 is 1.10 bits per heavy atom. The second-order valence-electron chi connectivity index (χ2n) is 5.10. The molecule has 0 heterocycles. The predicted octanol–water partition coefficient (Wildman–Crippen LogP) is 4.40. The van der Waals surface area contributed by atoms with Gasteiger partial charge in [-0.15, -0.1) is 0 Å². The average molecular weight is 362 g/mol. The number of halogens is 1. The quantitative estimate of drug-likeness (QED) is 0.662. The van der Waals surface area contributed by atoms with Crippen molar-refractivity contribution < 1.29 is 8.42 Å². The first-order valence-corrected chi connectivity index (χ1v) is 9.51. The third-order valence-electron chi connectivity index (χ3n) is 3.20. The second kappa shape index (κ2) is 8.80. The molecule has 1 rings (SSSR count). The smallest absolute Gasteiger partial charge is 0.211 e. The molecule has 0 aliphatic carbocycles. The van der Waals surface area contributed by atoms with Crippen LogP contribution in [0.25, 0.3) is 0 Å². The maximum atomic E-state index is 12.2. The molecule has 0 aliphatic rings. The summed E-state index contributed by atoms with van der Waals surface area (Å²) in [6.45, 7) is 4.63. The zero-order valence-corrected chi connectivity index (χ0v) is 14.7. The third-order valence-corrected chi connectivity index (χ3v) is 5.64. The molecule has 1 N–H and O–H groups in total. The van der Waals surface area contributed by atoms with Gasteiger partial charge >= 0.3 is 0 Å². The van der Waals surface area contributed by atoms with Gasteiger partial charge < -0.3 is 0 Å².